The first-order valence-electron chi connectivity index (χ1n) is 6.91. The van der Waals surface area contributed by atoms with E-state index in [1.165, 1.54) is 11.1 Å². The summed E-state index contributed by atoms with van der Waals surface area (Å²) in [4.78, 5) is 10.8. The summed E-state index contributed by atoms with van der Waals surface area (Å²) in [6.45, 7) is 2.68. The van der Waals surface area contributed by atoms with Gasteiger partial charge in [0.1, 0.15) is 0 Å². The fourth-order valence-electron chi connectivity index (χ4n) is 2.84. The van der Waals surface area contributed by atoms with E-state index in [4.69, 9.17) is 4.74 Å². The lowest BCUT2D eigenvalue weighted by atomic mass is 10.0. The van der Waals surface area contributed by atoms with Crippen LogP contribution in [0, 0.1) is 0 Å². The monoisotopic (exact) mass is 268 g/mol. The highest BCUT2D eigenvalue weighted by Gasteiger charge is 2.28. The zero-order valence-electron chi connectivity index (χ0n) is 11.1. The van der Waals surface area contributed by atoms with E-state index in [0.29, 0.717) is 5.88 Å². The minimum absolute atomic E-state index is 0.0331. The molecule has 0 fully saturated rings. The average molecular weight is 268 g/mol. The molecule has 2 aromatic heterocycles. The summed E-state index contributed by atoms with van der Waals surface area (Å²) in [5, 5.41) is 3.39. The molecule has 20 heavy (non-hydrogen) atoms. The zero-order valence-corrected chi connectivity index (χ0v) is 11.1. The second-order valence-electron chi connectivity index (χ2n) is 5.17. The molecule has 1 unspecified atom stereocenters. The van der Waals surface area contributed by atoms with Crippen molar-refractivity contribution in [2.24, 2.45) is 0 Å². The van der Waals surface area contributed by atoms with Crippen LogP contribution in [0.1, 0.15) is 11.1 Å². The van der Waals surface area contributed by atoms with E-state index in [1.54, 1.807) is 6.20 Å². The molecule has 0 aromatic carbocycles. The number of rotatable bonds is 1. The summed E-state index contributed by atoms with van der Waals surface area (Å²) < 4.78 is 6.02. The molecule has 0 bridgehead atoms. The lowest BCUT2D eigenvalue weighted by molar-refractivity contribution is 0.0171. The molecule has 102 valence electrons. The van der Waals surface area contributed by atoms with Crippen LogP contribution in [0.15, 0.2) is 36.8 Å². The Morgan fingerprint density at radius 2 is 2.25 bits per heavy atom. The molecule has 2 aliphatic rings. The number of fused-ring (bicyclic) bond motifs is 2. The normalized spacial score (nSPS) is 21.3. The van der Waals surface area contributed by atoms with E-state index in [0.717, 1.165) is 31.7 Å². The van der Waals surface area contributed by atoms with Gasteiger partial charge in [0.2, 0.25) is 5.88 Å². The third-order valence-corrected chi connectivity index (χ3v) is 3.94. The number of aromatic nitrogens is 2. The van der Waals surface area contributed by atoms with Gasteiger partial charge in [-0.2, -0.15) is 0 Å². The Kier molecular flexibility index (Phi) is 2.77. The van der Waals surface area contributed by atoms with Gasteiger partial charge in [0.15, 0.2) is 6.23 Å². The molecule has 5 nitrogen and oxygen atoms in total. The zero-order chi connectivity index (χ0) is 13.4. The topological polar surface area (TPSA) is 50.3 Å². The summed E-state index contributed by atoms with van der Waals surface area (Å²) in [6, 6.07) is 6.02. The number of ether oxygens (including phenoxy) is 1. The lowest BCUT2D eigenvalue weighted by Crippen LogP contribution is -2.48. The summed E-state index contributed by atoms with van der Waals surface area (Å²) in [6.07, 6.45) is 6.67. The molecule has 0 aliphatic carbocycles. The molecular weight excluding hydrogens is 252 g/mol. The second kappa shape index (κ2) is 4.76. The van der Waals surface area contributed by atoms with Crippen LogP contribution in [-0.4, -0.2) is 34.2 Å². The minimum Gasteiger partial charge on any atom is -0.455 e. The van der Waals surface area contributed by atoms with Crippen LogP contribution in [0.2, 0.25) is 0 Å². The van der Waals surface area contributed by atoms with Crippen LogP contribution in [0.4, 0.5) is 5.69 Å². The molecule has 1 N–H and O–H groups in total. The second-order valence-corrected chi connectivity index (χ2v) is 5.17. The van der Waals surface area contributed by atoms with Gasteiger partial charge in [0.05, 0.1) is 12.2 Å². The summed E-state index contributed by atoms with van der Waals surface area (Å²) in [7, 11) is 0. The summed E-state index contributed by atoms with van der Waals surface area (Å²) in [5.74, 6) is 0.695. The van der Waals surface area contributed by atoms with Gasteiger partial charge in [-0.3, -0.25) is 9.88 Å². The molecule has 4 heterocycles. The number of anilines is 1. The van der Waals surface area contributed by atoms with Crippen molar-refractivity contribution >= 4 is 5.69 Å². The smallest absolute Gasteiger partial charge is 0.239 e. The highest BCUT2D eigenvalue weighted by molar-refractivity contribution is 5.53. The van der Waals surface area contributed by atoms with E-state index in [-0.39, 0.29) is 6.23 Å². The molecular formula is C15H16N4O. The third kappa shape index (κ3) is 2.00. The van der Waals surface area contributed by atoms with Crippen LogP contribution >= 0.6 is 0 Å². The van der Waals surface area contributed by atoms with Gasteiger partial charge in [-0.1, -0.05) is 0 Å². The van der Waals surface area contributed by atoms with Crippen molar-refractivity contribution in [3.8, 4) is 5.88 Å². The van der Waals surface area contributed by atoms with E-state index >= 15 is 0 Å². The van der Waals surface area contributed by atoms with Crippen molar-refractivity contribution in [2.75, 3.05) is 18.4 Å². The van der Waals surface area contributed by atoms with E-state index in [2.05, 4.69) is 26.3 Å². The maximum atomic E-state index is 6.02. The number of nitrogens with zero attached hydrogens (tertiary/aromatic N) is 3. The molecule has 2 aromatic rings. The Hall–Kier alpha value is -2.14. The molecule has 0 saturated heterocycles. The molecule has 0 amide bonds. The van der Waals surface area contributed by atoms with Crippen LogP contribution in [0.3, 0.4) is 0 Å². The Labute approximate surface area is 117 Å². The first-order chi connectivity index (χ1) is 9.90. The molecule has 5 heteroatoms. The third-order valence-electron chi connectivity index (χ3n) is 3.94. The van der Waals surface area contributed by atoms with Crippen molar-refractivity contribution in [2.45, 2.75) is 19.2 Å². The fraction of sp³-hybridized carbons (Fsp3) is 0.333. The van der Waals surface area contributed by atoms with Gasteiger partial charge in [-0.05, 0) is 35.7 Å². The quantitative estimate of drug-likeness (QED) is 0.852. The standard InChI is InChI=1S/C15H16N4O/c1-2-13-15(17-5-1)20-14(9-18-13)19-7-4-11-3-6-16-8-12(11)10-19/h1-3,5-6,8,14,18H,4,7,9-10H2. The lowest BCUT2D eigenvalue weighted by Gasteiger charge is -2.37. The number of hydrogen-bond acceptors (Lipinski definition) is 5. The highest BCUT2D eigenvalue weighted by atomic mass is 16.5. The van der Waals surface area contributed by atoms with Crippen LogP contribution in [0.5, 0.6) is 5.88 Å². The van der Waals surface area contributed by atoms with Crippen LogP contribution in [0.25, 0.3) is 0 Å². The number of pyridine rings is 2. The SMILES string of the molecule is c1cnc2c(c1)NCC(N1CCc3ccncc3C1)O2. The number of nitrogens with one attached hydrogen (secondary N) is 1. The maximum absolute atomic E-state index is 6.02. The van der Waals surface area contributed by atoms with E-state index in [9.17, 15) is 0 Å². The molecule has 0 spiro atoms. The molecule has 1 atom stereocenters. The van der Waals surface area contributed by atoms with Gasteiger partial charge in [0, 0.05) is 31.7 Å². The predicted octanol–water partition coefficient (Wildman–Crippen LogP) is 1.67. The van der Waals surface area contributed by atoms with Crippen LogP contribution in [-0.2, 0) is 13.0 Å². The Bertz CT molecular complexity index is 575. The maximum Gasteiger partial charge on any atom is 0.239 e. The van der Waals surface area contributed by atoms with Crippen molar-refractivity contribution in [3.63, 3.8) is 0 Å². The van der Waals surface area contributed by atoms with Crippen LogP contribution < -0.4 is 10.1 Å². The molecule has 2 aliphatic heterocycles. The van der Waals surface area contributed by atoms with Gasteiger partial charge in [-0.25, -0.2) is 4.98 Å². The fourth-order valence-corrected chi connectivity index (χ4v) is 2.84. The number of hydrogen-bond donors (Lipinski definition) is 1. The summed E-state index contributed by atoms with van der Waals surface area (Å²) >= 11 is 0. The average Bonchev–Trinajstić information content (AvgIpc) is 2.54. The van der Waals surface area contributed by atoms with Crippen molar-refractivity contribution in [1.29, 1.82) is 0 Å². The minimum atomic E-state index is 0.0331. The Morgan fingerprint density at radius 1 is 1.25 bits per heavy atom. The van der Waals surface area contributed by atoms with Crippen molar-refractivity contribution in [3.05, 3.63) is 47.9 Å². The Balaban J connectivity index is 1.53. The Morgan fingerprint density at radius 3 is 3.25 bits per heavy atom. The van der Waals surface area contributed by atoms with Gasteiger partial charge in [0.25, 0.3) is 0 Å². The first-order valence-corrected chi connectivity index (χ1v) is 6.91. The van der Waals surface area contributed by atoms with E-state index in [1.807, 2.05) is 24.5 Å². The molecule has 4 rings (SSSR count). The van der Waals surface area contributed by atoms with Gasteiger partial charge in [-0.15, -0.1) is 0 Å². The van der Waals surface area contributed by atoms with Gasteiger partial charge >= 0.3 is 0 Å². The van der Waals surface area contributed by atoms with E-state index < -0.39 is 0 Å². The van der Waals surface area contributed by atoms with Gasteiger partial charge < -0.3 is 10.1 Å². The molecule has 0 radical (unpaired) electrons. The predicted molar refractivity (Wildman–Crippen MR) is 75.5 cm³/mol. The molecule has 0 saturated carbocycles. The first kappa shape index (κ1) is 11.7. The largest absolute Gasteiger partial charge is 0.455 e. The summed E-state index contributed by atoms with van der Waals surface area (Å²) in [5.41, 5.74) is 3.68. The van der Waals surface area contributed by atoms with Crippen molar-refractivity contribution < 1.29 is 4.74 Å². The highest BCUT2D eigenvalue weighted by Crippen LogP contribution is 2.28. The van der Waals surface area contributed by atoms with Crippen molar-refractivity contribution in [1.82, 2.24) is 14.9 Å².